The number of carbonyl (C=O) groups is 1. The molecule has 1 aliphatic rings. The fraction of sp³-hybridized carbons (Fsp3) is 0.643. The third kappa shape index (κ3) is 3.59. The van der Waals surface area contributed by atoms with Crippen LogP contribution in [0.5, 0.6) is 0 Å². The van der Waals surface area contributed by atoms with Crippen LogP contribution >= 0.6 is 0 Å². The van der Waals surface area contributed by atoms with Gasteiger partial charge in [0.15, 0.2) is 0 Å². The molecule has 1 amide bonds. The summed E-state index contributed by atoms with van der Waals surface area (Å²) in [7, 11) is 1.84. The molecule has 1 atom stereocenters. The van der Waals surface area contributed by atoms with E-state index >= 15 is 0 Å². The maximum absolute atomic E-state index is 11.2. The van der Waals surface area contributed by atoms with Gasteiger partial charge in [0.05, 0.1) is 0 Å². The summed E-state index contributed by atoms with van der Waals surface area (Å²) < 4.78 is 0. The van der Waals surface area contributed by atoms with Crippen molar-refractivity contribution in [3.63, 3.8) is 0 Å². The Morgan fingerprint density at radius 2 is 2.05 bits per heavy atom. The van der Waals surface area contributed by atoms with Gasteiger partial charge in [-0.25, -0.2) is 9.97 Å². The van der Waals surface area contributed by atoms with Crippen molar-refractivity contribution in [2.45, 2.75) is 45.1 Å². The van der Waals surface area contributed by atoms with Gasteiger partial charge in [0, 0.05) is 37.5 Å². The summed E-state index contributed by atoms with van der Waals surface area (Å²) in [5, 5.41) is 9.28. The summed E-state index contributed by atoms with van der Waals surface area (Å²) in [5.41, 5.74) is -0.106. The minimum atomic E-state index is -0.106. The number of nitrogens with one attached hydrogen (secondary N) is 3. The van der Waals surface area contributed by atoms with E-state index in [1.54, 1.807) is 0 Å². The van der Waals surface area contributed by atoms with E-state index in [0.717, 1.165) is 23.9 Å². The lowest BCUT2D eigenvalue weighted by Gasteiger charge is -2.19. The molecule has 0 aromatic carbocycles. The lowest BCUT2D eigenvalue weighted by Crippen LogP contribution is -2.32. The van der Waals surface area contributed by atoms with Gasteiger partial charge in [-0.05, 0) is 6.42 Å². The zero-order valence-electron chi connectivity index (χ0n) is 12.6. The third-order valence-electron chi connectivity index (χ3n) is 3.27. The minimum Gasteiger partial charge on any atom is -0.373 e. The van der Waals surface area contributed by atoms with E-state index in [0.29, 0.717) is 13.0 Å². The predicted molar refractivity (Wildman–Crippen MR) is 79.9 cm³/mol. The standard InChI is InChI=1S/C14H23N5O/c1-14(2,3)13-18-10(15-4)7-11(19-13)16-8-9-5-6-12(20)17-9/h7,9H,5-6,8H2,1-4H3,(H,17,20)(H2,15,16,18,19). The molecule has 0 radical (unpaired) electrons. The summed E-state index contributed by atoms with van der Waals surface area (Å²) >= 11 is 0. The van der Waals surface area contributed by atoms with Gasteiger partial charge in [-0.3, -0.25) is 4.79 Å². The second kappa shape index (κ2) is 5.64. The smallest absolute Gasteiger partial charge is 0.220 e. The van der Waals surface area contributed by atoms with Crippen LogP contribution in [0.1, 0.15) is 39.4 Å². The number of aromatic nitrogens is 2. The highest BCUT2D eigenvalue weighted by Crippen LogP contribution is 2.22. The van der Waals surface area contributed by atoms with Crippen molar-refractivity contribution in [1.29, 1.82) is 0 Å². The second-order valence-corrected chi connectivity index (χ2v) is 6.15. The Balaban J connectivity index is 2.08. The first-order valence-electron chi connectivity index (χ1n) is 6.99. The number of hydrogen-bond donors (Lipinski definition) is 3. The molecule has 110 valence electrons. The van der Waals surface area contributed by atoms with E-state index < -0.39 is 0 Å². The number of carbonyl (C=O) groups excluding carboxylic acids is 1. The fourth-order valence-electron chi connectivity index (χ4n) is 2.06. The Bertz CT molecular complexity index is 495. The number of nitrogens with zero attached hydrogens (tertiary/aromatic N) is 2. The van der Waals surface area contributed by atoms with Crippen LogP contribution in [-0.2, 0) is 10.2 Å². The van der Waals surface area contributed by atoms with E-state index in [1.165, 1.54) is 0 Å². The van der Waals surface area contributed by atoms with Crippen LogP contribution < -0.4 is 16.0 Å². The maximum atomic E-state index is 11.2. The summed E-state index contributed by atoms with van der Waals surface area (Å²) in [4.78, 5) is 20.2. The SMILES string of the molecule is CNc1cc(NCC2CCC(=O)N2)nc(C(C)(C)C)n1. The molecule has 0 aliphatic carbocycles. The molecular weight excluding hydrogens is 254 g/mol. The average Bonchev–Trinajstić information content (AvgIpc) is 2.81. The molecule has 6 heteroatoms. The van der Waals surface area contributed by atoms with Crippen molar-refractivity contribution >= 4 is 17.5 Å². The molecule has 1 unspecified atom stereocenters. The van der Waals surface area contributed by atoms with Gasteiger partial charge in [0.1, 0.15) is 17.5 Å². The van der Waals surface area contributed by atoms with Gasteiger partial charge in [-0.15, -0.1) is 0 Å². The van der Waals surface area contributed by atoms with Crippen LogP contribution in [-0.4, -0.2) is 35.5 Å². The van der Waals surface area contributed by atoms with Crippen molar-refractivity contribution < 1.29 is 4.79 Å². The van der Waals surface area contributed by atoms with Crippen LogP contribution in [0.15, 0.2) is 6.07 Å². The summed E-state index contributed by atoms with van der Waals surface area (Å²) in [6.07, 6.45) is 1.49. The van der Waals surface area contributed by atoms with Gasteiger partial charge in [0.2, 0.25) is 5.91 Å². The molecule has 1 aromatic heterocycles. The second-order valence-electron chi connectivity index (χ2n) is 6.15. The number of anilines is 2. The van der Waals surface area contributed by atoms with Crippen molar-refractivity contribution in [3.05, 3.63) is 11.9 Å². The quantitative estimate of drug-likeness (QED) is 0.777. The Labute approximate surface area is 119 Å². The zero-order valence-corrected chi connectivity index (χ0v) is 12.6. The summed E-state index contributed by atoms with van der Waals surface area (Å²) in [6, 6.07) is 2.07. The molecule has 1 aliphatic heterocycles. The largest absolute Gasteiger partial charge is 0.373 e. The van der Waals surface area contributed by atoms with Gasteiger partial charge in [-0.2, -0.15) is 0 Å². The molecule has 2 rings (SSSR count). The minimum absolute atomic E-state index is 0.106. The third-order valence-corrected chi connectivity index (χ3v) is 3.27. The molecule has 3 N–H and O–H groups in total. The molecule has 0 bridgehead atoms. The van der Waals surface area contributed by atoms with E-state index in [2.05, 4.69) is 46.7 Å². The molecule has 1 aromatic rings. The molecular formula is C14H23N5O. The van der Waals surface area contributed by atoms with Crippen LogP contribution in [0, 0.1) is 0 Å². The van der Waals surface area contributed by atoms with Crippen LogP contribution in [0.4, 0.5) is 11.6 Å². The monoisotopic (exact) mass is 277 g/mol. The van der Waals surface area contributed by atoms with Gasteiger partial charge < -0.3 is 16.0 Å². The van der Waals surface area contributed by atoms with Gasteiger partial charge in [0.25, 0.3) is 0 Å². The number of rotatable bonds is 4. The van der Waals surface area contributed by atoms with Crippen LogP contribution in [0.25, 0.3) is 0 Å². The topological polar surface area (TPSA) is 78.9 Å². The Hall–Kier alpha value is -1.85. The lowest BCUT2D eigenvalue weighted by molar-refractivity contribution is -0.119. The van der Waals surface area contributed by atoms with Crippen LogP contribution in [0.2, 0.25) is 0 Å². The Morgan fingerprint density at radius 1 is 1.35 bits per heavy atom. The first-order valence-corrected chi connectivity index (χ1v) is 6.99. The molecule has 6 nitrogen and oxygen atoms in total. The predicted octanol–water partition coefficient (Wildman–Crippen LogP) is 1.51. The van der Waals surface area contributed by atoms with E-state index in [4.69, 9.17) is 0 Å². The van der Waals surface area contributed by atoms with Crippen molar-refractivity contribution in [3.8, 4) is 0 Å². The highest BCUT2D eigenvalue weighted by Gasteiger charge is 2.22. The Morgan fingerprint density at radius 3 is 2.60 bits per heavy atom. The highest BCUT2D eigenvalue weighted by atomic mass is 16.1. The molecule has 20 heavy (non-hydrogen) atoms. The van der Waals surface area contributed by atoms with Gasteiger partial charge in [-0.1, -0.05) is 20.8 Å². The molecule has 2 heterocycles. The molecule has 0 spiro atoms. The zero-order chi connectivity index (χ0) is 14.8. The Kier molecular flexibility index (Phi) is 4.11. The normalized spacial score (nSPS) is 18.8. The highest BCUT2D eigenvalue weighted by molar-refractivity contribution is 5.78. The van der Waals surface area contributed by atoms with Crippen molar-refractivity contribution in [1.82, 2.24) is 15.3 Å². The average molecular weight is 277 g/mol. The first kappa shape index (κ1) is 14.6. The van der Waals surface area contributed by atoms with Gasteiger partial charge >= 0.3 is 0 Å². The number of amides is 1. The lowest BCUT2D eigenvalue weighted by atomic mass is 9.96. The van der Waals surface area contributed by atoms with Crippen molar-refractivity contribution in [2.24, 2.45) is 0 Å². The van der Waals surface area contributed by atoms with E-state index in [-0.39, 0.29) is 17.4 Å². The summed E-state index contributed by atoms with van der Waals surface area (Å²) in [6.45, 7) is 6.95. The fourth-order valence-corrected chi connectivity index (χ4v) is 2.06. The summed E-state index contributed by atoms with van der Waals surface area (Å²) in [5.74, 6) is 2.51. The molecule has 1 fully saturated rings. The van der Waals surface area contributed by atoms with E-state index in [1.807, 2.05) is 13.1 Å². The molecule has 1 saturated heterocycles. The number of hydrogen-bond acceptors (Lipinski definition) is 5. The maximum Gasteiger partial charge on any atom is 0.220 e. The van der Waals surface area contributed by atoms with E-state index in [9.17, 15) is 4.79 Å². The first-order chi connectivity index (χ1) is 9.38. The molecule has 0 saturated carbocycles. The van der Waals surface area contributed by atoms with Crippen molar-refractivity contribution in [2.75, 3.05) is 24.2 Å². The van der Waals surface area contributed by atoms with Crippen LogP contribution in [0.3, 0.4) is 0 Å².